The Hall–Kier alpha value is -2.80. The van der Waals surface area contributed by atoms with Gasteiger partial charge in [-0.15, -0.1) is 26.2 Å². The zero-order chi connectivity index (χ0) is 17.9. The van der Waals surface area contributed by atoms with Crippen LogP contribution in [0.1, 0.15) is 48.2 Å². The van der Waals surface area contributed by atoms with Crippen LogP contribution in [-0.4, -0.2) is 25.3 Å². The number of hydrogen-bond donors (Lipinski definition) is 1. The fourth-order valence-electron chi connectivity index (χ4n) is 2.90. The van der Waals surface area contributed by atoms with Gasteiger partial charge >= 0.3 is 0 Å². The lowest BCUT2D eigenvalue weighted by molar-refractivity contribution is 0.729. The molecule has 1 aromatic carbocycles. The second-order valence-electron chi connectivity index (χ2n) is 6.31. The van der Waals surface area contributed by atoms with E-state index in [0.29, 0.717) is 11.6 Å². The summed E-state index contributed by atoms with van der Waals surface area (Å²) >= 11 is 1.73. The summed E-state index contributed by atoms with van der Waals surface area (Å²) < 4.78 is 1.43. The van der Waals surface area contributed by atoms with Crippen LogP contribution in [0.2, 0.25) is 0 Å². The third-order valence-electron chi connectivity index (χ3n) is 4.64. The van der Waals surface area contributed by atoms with Gasteiger partial charge in [-0.25, -0.2) is 0 Å². The molecule has 132 valence electrons. The van der Waals surface area contributed by atoms with E-state index in [1.165, 1.54) is 20.6 Å². The van der Waals surface area contributed by atoms with Gasteiger partial charge in [-0.05, 0) is 57.5 Å². The Morgan fingerprint density at radius 1 is 1.08 bits per heavy atom. The second kappa shape index (κ2) is 7.21. The lowest BCUT2D eigenvalue weighted by Crippen LogP contribution is -2.13. The van der Waals surface area contributed by atoms with E-state index in [1.54, 1.807) is 11.3 Å². The highest BCUT2D eigenvalue weighted by atomic mass is 32.1. The molecule has 3 heterocycles. The van der Waals surface area contributed by atoms with Crippen molar-refractivity contribution >= 4 is 22.8 Å². The summed E-state index contributed by atoms with van der Waals surface area (Å²) in [4.78, 5) is 1.24. The Labute approximate surface area is 155 Å². The Balaban J connectivity index is 1.66. The van der Waals surface area contributed by atoms with Gasteiger partial charge in [0.15, 0.2) is 5.65 Å². The number of thiophene rings is 1. The average molecular weight is 364 g/mol. The maximum Gasteiger partial charge on any atom is 0.200 e. The molecule has 0 fully saturated rings. The fraction of sp³-hybridized carbons (Fsp3) is 0.263. The van der Waals surface area contributed by atoms with E-state index in [2.05, 4.69) is 81.6 Å². The largest absolute Gasteiger partial charge is 0.357 e. The molecule has 2 atom stereocenters. The summed E-state index contributed by atoms with van der Waals surface area (Å²) in [5, 5.41) is 21.5. The molecule has 4 aromatic rings. The lowest BCUT2D eigenvalue weighted by Gasteiger charge is -2.19. The number of hydrogen-bond acceptors (Lipinski definition) is 6. The zero-order valence-corrected chi connectivity index (χ0v) is 15.5. The van der Waals surface area contributed by atoms with Crippen LogP contribution >= 0.6 is 11.3 Å². The molecule has 0 bridgehead atoms. The van der Waals surface area contributed by atoms with Crippen LogP contribution in [0.15, 0.2) is 53.9 Å². The Morgan fingerprint density at radius 2 is 1.88 bits per heavy atom. The molecule has 4 rings (SSSR count). The monoisotopic (exact) mass is 364 g/mol. The lowest BCUT2D eigenvalue weighted by atomic mass is 9.95. The third-order valence-corrected chi connectivity index (χ3v) is 5.58. The highest BCUT2D eigenvalue weighted by molar-refractivity contribution is 7.10. The summed E-state index contributed by atoms with van der Waals surface area (Å²) in [5.74, 6) is 1.30. The number of anilines is 1. The number of benzene rings is 1. The highest BCUT2D eigenvalue weighted by Crippen LogP contribution is 2.30. The van der Waals surface area contributed by atoms with Gasteiger partial charge in [-0.3, -0.25) is 0 Å². The quantitative estimate of drug-likeness (QED) is 0.552. The molecule has 0 spiro atoms. The van der Waals surface area contributed by atoms with Crippen LogP contribution in [-0.2, 0) is 0 Å². The summed E-state index contributed by atoms with van der Waals surface area (Å²) in [5.41, 5.74) is 3.20. The van der Waals surface area contributed by atoms with E-state index in [-0.39, 0.29) is 6.04 Å². The number of aromatic nitrogens is 5. The zero-order valence-electron chi connectivity index (χ0n) is 14.7. The van der Waals surface area contributed by atoms with Crippen molar-refractivity contribution in [3.05, 3.63) is 69.9 Å². The molecule has 3 aromatic heterocycles. The van der Waals surface area contributed by atoms with E-state index in [0.717, 1.165) is 12.2 Å². The molecule has 2 unspecified atom stereocenters. The van der Waals surface area contributed by atoms with E-state index in [4.69, 9.17) is 0 Å². The van der Waals surface area contributed by atoms with Gasteiger partial charge in [0.1, 0.15) is 5.82 Å². The molecular weight excluding hydrogens is 344 g/mol. The molecule has 6 nitrogen and oxygen atoms in total. The van der Waals surface area contributed by atoms with Crippen LogP contribution in [0.4, 0.5) is 5.82 Å². The molecule has 0 aliphatic heterocycles. The van der Waals surface area contributed by atoms with Crippen LogP contribution < -0.4 is 5.32 Å². The van der Waals surface area contributed by atoms with E-state index >= 15 is 0 Å². The minimum Gasteiger partial charge on any atom is -0.357 e. The standard InChI is InChI=1S/C19H20N6S/c1-3-13(2)14-6-8-15(9-7-14)19(16-5-4-12-26-16)20-17-10-11-18-21-23-24-25(18)22-17/h4-13,19H,3H2,1-2H3,(H,20,22). The third kappa shape index (κ3) is 3.30. The number of nitrogens with one attached hydrogen (secondary N) is 1. The molecule has 0 aliphatic carbocycles. The van der Waals surface area contributed by atoms with Crippen molar-refractivity contribution in [3.8, 4) is 0 Å². The van der Waals surface area contributed by atoms with E-state index < -0.39 is 0 Å². The number of tetrazole rings is 1. The van der Waals surface area contributed by atoms with Crippen molar-refractivity contribution in [2.75, 3.05) is 5.32 Å². The van der Waals surface area contributed by atoms with Crippen molar-refractivity contribution < 1.29 is 0 Å². The first-order valence-electron chi connectivity index (χ1n) is 8.70. The first-order valence-corrected chi connectivity index (χ1v) is 9.58. The molecule has 0 saturated carbocycles. The Bertz CT molecular complexity index is 977. The molecule has 0 amide bonds. The second-order valence-corrected chi connectivity index (χ2v) is 7.29. The topological polar surface area (TPSA) is 68.0 Å². The van der Waals surface area contributed by atoms with Gasteiger partial charge in [0.2, 0.25) is 0 Å². The van der Waals surface area contributed by atoms with Crippen LogP contribution in [0.3, 0.4) is 0 Å². The number of nitrogens with zero attached hydrogens (tertiary/aromatic N) is 5. The smallest absolute Gasteiger partial charge is 0.200 e. The van der Waals surface area contributed by atoms with Crippen molar-refractivity contribution in [1.29, 1.82) is 0 Å². The van der Waals surface area contributed by atoms with Crippen molar-refractivity contribution in [2.24, 2.45) is 0 Å². The van der Waals surface area contributed by atoms with Crippen molar-refractivity contribution in [1.82, 2.24) is 25.3 Å². The van der Waals surface area contributed by atoms with Gasteiger partial charge in [0, 0.05) is 4.88 Å². The predicted octanol–water partition coefficient (Wildman–Crippen LogP) is 4.30. The predicted molar refractivity (Wildman–Crippen MR) is 104 cm³/mol. The van der Waals surface area contributed by atoms with Crippen LogP contribution in [0.25, 0.3) is 5.65 Å². The summed E-state index contributed by atoms with van der Waals surface area (Å²) in [6, 6.07) is 16.9. The first kappa shape index (κ1) is 16.7. The van der Waals surface area contributed by atoms with E-state index in [1.807, 2.05) is 12.1 Å². The SMILES string of the molecule is CCC(C)c1ccc(C(Nc2ccc3nnnn3n2)c2cccs2)cc1. The summed E-state index contributed by atoms with van der Waals surface area (Å²) in [7, 11) is 0. The molecule has 1 N–H and O–H groups in total. The maximum absolute atomic E-state index is 4.44. The molecule has 7 heteroatoms. The molecular formula is C19H20N6S. The number of fused-ring (bicyclic) bond motifs is 1. The average Bonchev–Trinajstić information content (AvgIpc) is 3.37. The first-order chi connectivity index (χ1) is 12.7. The molecule has 0 aliphatic rings. The normalized spacial score (nSPS) is 13.6. The summed E-state index contributed by atoms with van der Waals surface area (Å²) in [6.07, 6.45) is 1.14. The Kier molecular flexibility index (Phi) is 4.62. The maximum atomic E-state index is 4.44. The fourth-order valence-corrected chi connectivity index (χ4v) is 3.70. The van der Waals surface area contributed by atoms with Gasteiger partial charge in [-0.2, -0.15) is 0 Å². The van der Waals surface area contributed by atoms with Crippen LogP contribution in [0.5, 0.6) is 0 Å². The molecule has 0 saturated heterocycles. The number of rotatable bonds is 6. The van der Waals surface area contributed by atoms with Crippen molar-refractivity contribution in [2.45, 2.75) is 32.2 Å². The van der Waals surface area contributed by atoms with E-state index in [9.17, 15) is 0 Å². The highest BCUT2D eigenvalue weighted by Gasteiger charge is 2.17. The minimum atomic E-state index is 0.0300. The Morgan fingerprint density at radius 3 is 2.62 bits per heavy atom. The van der Waals surface area contributed by atoms with Crippen molar-refractivity contribution in [3.63, 3.8) is 0 Å². The minimum absolute atomic E-state index is 0.0300. The molecule has 26 heavy (non-hydrogen) atoms. The van der Waals surface area contributed by atoms with Gasteiger partial charge in [0.25, 0.3) is 0 Å². The van der Waals surface area contributed by atoms with Gasteiger partial charge < -0.3 is 5.32 Å². The van der Waals surface area contributed by atoms with Gasteiger partial charge in [-0.1, -0.05) is 44.2 Å². The van der Waals surface area contributed by atoms with Crippen LogP contribution in [0, 0.1) is 0 Å². The summed E-state index contributed by atoms with van der Waals surface area (Å²) in [6.45, 7) is 4.48. The molecule has 0 radical (unpaired) electrons. The van der Waals surface area contributed by atoms with Gasteiger partial charge in [0.05, 0.1) is 6.04 Å².